The Labute approximate surface area is 80.3 Å². The van der Waals surface area contributed by atoms with Crippen LogP contribution < -0.4 is 5.32 Å². The van der Waals surface area contributed by atoms with Crippen molar-refractivity contribution in [2.24, 2.45) is 0 Å². The molecule has 1 aromatic rings. The first-order valence-corrected chi connectivity index (χ1v) is 4.93. The van der Waals surface area contributed by atoms with Crippen LogP contribution in [-0.4, -0.2) is 7.05 Å². The molecular weight excluding hydrogens is 162 g/mol. The molecule has 13 heavy (non-hydrogen) atoms. The molecule has 1 rings (SSSR count). The summed E-state index contributed by atoms with van der Waals surface area (Å²) in [6.07, 6.45) is 2.35. The molecule has 0 aliphatic heterocycles. The first-order valence-electron chi connectivity index (χ1n) is 4.93. The normalized spacial score (nSPS) is 13.2. The van der Waals surface area contributed by atoms with Gasteiger partial charge in [-0.1, -0.05) is 13.3 Å². The van der Waals surface area contributed by atoms with E-state index < -0.39 is 0 Å². The Bertz CT molecular complexity index is 265. The van der Waals surface area contributed by atoms with Crippen LogP contribution in [0.3, 0.4) is 0 Å². The van der Waals surface area contributed by atoms with E-state index >= 15 is 0 Å². The Kier molecular flexibility index (Phi) is 3.55. The molecule has 0 amide bonds. The Hall–Kier alpha value is -0.760. The Balaban J connectivity index is 2.83. The number of aryl methyl sites for hydroxylation is 2. The third kappa shape index (κ3) is 2.34. The number of hydrogen-bond donors (Lipinski definition) is 1. The molecule has 0 bridgehead atoms. The van der Waals surface area contributed by atoms with Gasteiger partial charge in [0.2, 0.25) is 0 Å². The van der Waals surface area contributed by atoms with Gasteiger partial charge in [-0.2, -0.15) is 0 Å². The molecular formula is C11H19NO. The topological polar surface area (TPSA) is 25.2 Å². The summed E-state index contributed by atoms with van der Waals surface area (Å²) in [4.78, 5) is 0. The molecule has 0 spiro atoms. The predicted molar refractivity (Wildman–Crippen MR) is 54.9 cm³/mol. The fraction of sp³-hybridized carbons (Fsp3) is 0.636. The van der Waals surface area contributed by atoms with Crippen LogP contribution in [0.2, 0.25) is 0 Å². The van der Waals surface area contributed by atoms with E-state index in [2.05, 4.69) is 18.3 Å². The number of rotatable bonds is 4. The molecule has 1 heterocycles. The zero-order valence-electron chi connectivity index (χ0n) is 8.98. The van der Waals surface area contributed by atoms with Crippen molar-refractivity contribution in [2.75, 3.05) is 7.05 Å². The SMILES string of the molecule is CCCC(NC)c1cc(C)oc1C. The van der Waals surface area contributed by atoms with Crippen LogP contribution in [0.15, 0.2) is 10.5 Å². The molecule has 2 nitrogen and oxygen atoms in total. The van der Waals surface area contributed by atoms with Gasteiger partial charge >= 0.3 is 0 Å². The van der Waals surface area contributed by atoms with Gasteiger partial charge in [0.15, 0.2) is 0 Å². The van der Waals surface area contributed by atoms with Crippen LogP contribution in [0.25, 0.3) is 0 Å². The zero-order chi connectivity index (χ0) is 9.84. The lowest BCUT2D eigenvalue weighted by atomic mass is 10.0. The highest BCUT2D eigenvalue weighted by Gasteiger charge is 2.13. The molecule has 74 valence electrons. The molecule has 0 fully saturated rings. The molecule has 2 heteroatoms. The summed E-state index contributed by atoms with van der Waals surface area (Å²) in [6, 6.07) is 2.58. The minimum atomic E-state index is 0.447. The minimum Gasteiger partial charge on any atom is -0.466 e. The summed E-state index contributed by atoms with van der Waals surface area (Å²) in [5, 5.41) is 3.31. The van der Waals surface area contributed by atoms with Crippen molar-refractivity contribution in [1.82, 2.24) is 5.32 Å². The van der Waals surface area contributed by atoms with Crippen molar-refractivity contribution in [3.8, 4) is 0 Å². The van der Waals surface area contributed by atoms with E-state index in [-0.39, 0.29) is 0 Å². The summed E-state index contributed by atoms with van der Waals surface area (Å²) in [7, 11) is 2.00. The summed E-state index contributed by atoms with van der Waals surface area (Å²) in [5.74, 6) is 2.05. The largest absolute Gasteiger partial charge is 0.466 e. The molecule has 1 aromatic heterocycles. The van der Waals surface area contributed by atoms with Crippen LogP contribution in [0.5, 0.6) is 0 Å². The van der Waals surface area contributed by atoms with E-state index in [1.165, 1.54) is 12.0 Å². The standard InChI is InChI=1S/C11H19NO/c1-5-6-11(12-4)10-7-8(2)13-9(10)3/h7,11-12H,5-6H2,1-4H3. The van der Waals surface area contributed by atoms with Gasteiger partial charge in [-0.15, -0.1) is 0 Å². The minimum absolute atomic E-state index is 0.447. The average molecular weight is 181 g/mol. The zero-order valence-corrected chi connectivity index (χ0v) is 8.98. The van der Waals surface area contributed by atoms with Gasteiger partial charge in [-0.25, -0.2) is 0 Å². The van der Waals surface area contributed by atoms with Crippen LogP contribution in [-0.2, 0) is 0 Å². The lowest BCUT2D eigenvalue weighted by molar-refractivity contribution is 0.482. The molecule has 1 unspecified atom stereocenters. The van der Waals surface area contributed by atoms with E-state index in [0.717, 1.165) is 17.9 Å². The van der Waals surface area contributed by atoms with Gasteiger partial charge in [0.25, 0.3) is 0 Å². The quantitative estimate of drug-likeness (QED) is 0.772. The summed E-state index contributed by atoms with van der Waals surface area (Å²) >= 11 is 0. The average Bonchev–Trinajstić information content (AvgIpc) is 2.41. The highest BCUT2D eigenvalue weighted by Crippen LogP contribution is 2.24. The Morgan fingerprint density at radius 2 is 2.15 bits per heavy atom. The van der Waals surface area contributed by atoms with Crippen LogP contribution in [0, 0.1) is 13.8 Å². The van der Waals surface area contributed by atoms with Gasteiger partial charge in [0.1, 0.15) is 11.5 Å². The molecule has 0 aromatic carbocycles. The summed E-state index contributed by atoms with van der Waals surface area (Å²) in [6.45, 7) is 6.23. The second-order valence-corrected chi connectivity index (χ2v) is 3.50. The van der Waals surface area contributed by atoms with Crippen molar-refractivity contribution >= 4 is 0 Å². The van der Waals surface area contributed by atoms with E-state index in [0.29, 0.717) is 6.04 Å². The molecule has 0 saturated carbocycles. The maximum absolute atomic E-state index is 5.50. The fourth-order valence-corrected chi connectivity index (χ4v) is 1.74. The summed E-state index contributed by atoms with van der Waals surface area (Å²) in [5.41, 5.74) is 1.31. The number of hydrogen-bond acceptors (Lipinski definition) is 2. The first-order chi connectivity index (χ1) is 6.19. The van der Waals surface area contributed by atoms with Crippen molar-refractivity contribution in [1.29, 1.82) is 0 Å². The third-order valence-electron chi connectivity index (χ3n) is 2.38. The molecule has 0 aliphatic carbocycles. The smallest absolute Gasteiger partial charge is 0.105 e. The van der Waals surface area contributed by atoms with Gasteiger partial charge < -0.3 is 9.73 Å². The highest BCUT2D eigenvalue weighted by atomic mass is 16.3. The number of furan rings is 1. The lowest BCUT2D eigenvalue weighted by Crippen LogP contribution is -2.16. The van der Waals surface area contributed by atoms with Gasteiger partial charge in [-0.05, 0) is 33.4 Å². The Morgan fingerprint density at radius 3 is 2.54 bits per heavy atom. The maximum atomic E-state index is 5.50. The maximum Gasteiger partial charge on any atom is 0.105 e. The second-order valence-electron chi connectivity index (χ2n) is 3.50. The number of nitrogens with one attached hydrogen (secondary N) is 1. The fourth-order valence-electron chi connectivity index (χ4n) is 1.74. The molecule has 1 atom stereocenters. The van der Waals surface area contributed by atoms with Crippen LogP contribution in [0.4, 0.5) is 0 Å². The first kappa shape index (κ1) is 10.3. The lowest BCUT2D eigenvalue weighted by Gasteiger charge is -2.13. The Morgan fingerprint density at radius 1 is 1.46 bits per heavy atom. The molecule has 0 aliphatic rings. The molecule has 1 N–H and O–H groups in total. The van der Waals surface area contributed by atoms with E-state index in [1.807, 2.05) is 20.9 Å². The van der Waals surface area contributed by atoms with E-state index in [9.17, 15) is 0 Å². The van der Waals surface area contributed by atoms with Gasteiger partial charge in [0.05, 0.1) is 0 Å². The summed E-state index contributed by atoms with van der Waals surface area (Å²) < 4.78 is 5.50. The van der Waals surface area contributed by atoms with Crippen molar-refractivity contribution in [2.45, 2.75) is 39.7 Å². The third-order valence-corrected chi connectivity index (χ3v) is 2.38. The van der Waals surface area contributed by atoms with Crippen molar-refractivity contribution in [3.63, 3.8) is 0 Å². The predicted octanol–water partition coefficient (Wildman–Crippen LogP) is 2.96. The van der Waals surface area contributed by atoms with Crippen molar-refractivity contribution < 1.29 is 4.42 Å². The van der Waals surface area contributed by atoms with Crippen molar-refractivity contribution in [3.05, 3.63) is 23.2 Å². The molecule has 0 radical (unpaired) electrons. The molecule has 0 saturated heterocycles. The van der Waals surface area contributed by atoms with Gasteiger partial charge in [-0.3, -0.25) is 0 Å². The van der Waals surface area contributed by atoms with Crippen LogP contribution >= 0.6 is 0 Å². The van der Waals surface area contributed by atoms with Gasteiger partial charge in [0, 0.05) is 11.6 Å². The monoisotopic (exact) mass is 181 g/mol. The van der Waals surface area contributed by atoms with E-state index in [4.69, 9.17) is 4.42 Å². The van der Waals surface area contributed by atoms with Crippen LogP contribution in [0.1, 0.15) is 42.9 Å². The highest BCUT2D eigenvalue weighted by molar-refractivity contribution is 5.23. The second kappa shape index (κ2) is 4.47. The van der Waals surface area contributed by atoms with E-state index in [1.54, 1.807) is 0 Å².